The van der Waals surface area contributed by atoms with Crippen molar-refractivity contribution in [2.24, 2.45) is 0 Å². The molecular weight excluding hydrogens is 517 g/mol. The zero-order valence-corrected chi connectivity index (χ0v) is 23.9. The molecular formula is C36H31Cl2N. The van der Waals surface area contributed by atoms with Crippen LogP contribution in [0.2, 0.25) is 10.0 Å². The van der Waals surface area contributed by atoms with E-state index in [1.54, 1.807) is 0 Å². The van der Waals surface area contributed by atoms with Gasteiger partial charge in [0.1, 0.15) is 0 Å². The summed E-state index contributed by atoms with van der Waals surface area (Å²) in [6, 6.07) is 27.6. The lowest BCUT2D eigenvalue weighted by Crippen LogP contribution is -2.14. The van der Waals surface area contributed by atoms with Crippen molar-refractivity contribution in [3.05, 3.63) is 134 Å². The summed E-state index contributed by atoms with van der Waals surface area (Å²) in [6.07, 6.45) is 12.1. The fourth-order valence-electron chi connectivity index (χ4n) is 6.10. The number of hydrogen-bond donors (Lipinski definition) is 0. The molecule has 0 saturated heterocycles. The SMILES string of the molecule is CCc1c(Cl)cccc1/C=C/C1=C(c2ccccc2)C(=C/C=c2\c3cccc4c(Cl)ccc(c43)n2CC)/CC1. The maximum Gasteiger partial charge on any atom is 0.0498 e. The van der Waals surface area contributed by atoms with Gasteiger partial charge in [0.2, 0.25) is 0 Å². The molecule has 0 spiro atoms. The molecule has 1 aliphatic rings. The zero-order chi connectivity index (χ0) is 26.9. The Labute approximate surface area is 240 Å². The summed E-state index contributed by atoms with van der Waals surface area (Å²) < 4.78 is 2.40. The third-order valence-corrected chi connectivity index (χ3v) is 8.61. The van der Waals surface area contributed by atoms with Crippen molar-refractivity contribution in [1.29, 1.82) is 0 Å². The van der Waals surface area contributed by atoms with Crippen LogP contribution >= 0.6 is 23.2 Å². The van der Waals surface area contributed by atoms with Crippen molar-refractivity contribution < 1.29 is 0 Å². The predicted molar refractivity (Wildman–Crippen MR) is 170 cm³/mol. The molecule has 0 radical (unpaired) electrons. The van der Waals surface area contributed by atoms with Gasteiger partial charge < -0.3 is 4.57 Å². The van der Waals surface area contributed by atoms with Crippen LogP contribution in [0, 0.1) is 0 Å². The van der Waals surface area contributed by atoms with Gasteiger partial charge in [0.05, 0.1) is 0 Å². The normalized spacial score (nSPS) is 15.7. The van der Waals surface area contributed by atoms with Gasteiger partial charge in [0.15, 0.2) is 0 Å². The topological polar surface area (TPSA) is 4.93 Å². The van der Waals surface area contributed by atoms with Crippen LogP contribution in [0.25, 0.3) is 39.4 Å². The van der Waals surface area contributed by atoms with Gasteiger partial charge in [0.25, 0.3) is 0 Å². The average molecular weight is 549 g/mol. The minimum absolute atomic E-state index is 0.804. The van der Waals surface area contributed by atoms with Crippen LogP contribution in [0.1, 0.15) is 43.4 Å². The molecule has 4 aromatic carbocycles. The Morgan fingerprint density at radius 1 is 0.744 bits per heavy atom. The summed E-state index contributed by atoms with van der Waals surface area (Å²) in [5.74, 6) is 0. The van der Waals surface area contributed by atoms with Crippen LogP contribution in [-0.4, -0.2) is 4.57 Å². The minimum atomic E-state index is 0.804. The zero-order valence-electron chi connectivity index (χ0n) is 22.3. The highest BCUT2D eigenvalue weighted by Gasteiger charge is 2.20. The highest BCUT2D eigenvalue weighted by molar-refractivity contribution is 6.37. The first-order chi connectivity index (χ1) is 19.1. The van der Waals surface area contributed by atoms with E-state index in [-0.39, 0.29) is 0 Å². The fraction of sp³-hybridized carbons (Fsp3) is 0.167. The molecule has 3 heteroatoms. The van der Waals surface area contributed by atoms with Crippen molar-refractivity contribution in [1.82, 2.24) is 4.57 Å². The van der Waals surface area contributed by atoms with Crippen LogP contribution < -0.4 is 5.35 Å². The lowest BCUT2D eigenvalue weighted by molar-refractivity contribution is 0.777. The van der Waals surface area contributed by atoms with Gasteiger partial charge >= 0.3 is 0 Å². The second-order valence-corrected chi connectivity index (χ2v) is 10.9. The Balaban J connectivity index is 1.51. The number of allylic oxidation sites excluding steroid dienone is 5. The number of nitrogens with zero attached hydrogens (tertiary/aromatic N) is 1. The Hall–Kier alpha value is -3.52. The van der Waals surface area contributed by atoms with Gasteiger partial charge in [-0.15, -0.1) is 0 Å². The minimum Gasteiger partial charge on any atom is -0.341 e. The van der Waals surface area contributed by atoms with Crippen molar-refractivity contribution in [2.45, 2.75) is 39.7 Å². The van der Waals surface area contributed by atoms with E-state index in [1.807, 2.05) is 18.2 Å². The molecule has 194 valence electrons. The molecule has 0 unspecified atom stereocenters. The maximum absolute atomic E-state index is 6.58. The van der Waals surface area contributed by atoms with Gasteiger partial charge in [-0.2, -0.15) is 0 Å². The van der Waals surface area contributed by atoms with Crippen LogP contribution in [0.3, 0.4) is 0 Å². The monoisotopic (exact) mass is 547 g/mol. The Kier molecular flexibility index (Phi) is 7.21. The van der Waals surface area contributed by atoms with Crippen molar-refractivity contribution in [3.63, 3.8) is 0 Å². The first-order valence-corrected chi connectivity index (χ1v) is 14.5. The van der Waals surface area contributed by atoms with E-state index < -0.39 is 0 Å². The number of rotatable bonds is 6. The first kappa shape index (κ1) is 25.7. The molecule has 5 aromatic rings. The largest absolute Gasteiger partial charge is 0.341 e. The molecule has 0 amide bonds. The number of benzene rings is 4. The summed E-state index contributed by atoms with van der Waals surface area (Å²) in [4.78, 5) is 0. The maximum atomic E-state index is 6.58. The van der Waals surface area contributed by atoms with Gasteiger partial charge in [-0.05, 0) is 83.9 Å². The number of aromatic nitrogens is 1. The van der Waals surface area contributed by atoms with Gasteiger partial charge in [-0.3, -0.25) is 0 Å². The van der Waals surface area contributed by atoms with Crippen molar-refractivity contribution >= 4 is 62.6 Å². The summed E-state index contributed by atoms with van der Waals surface area (Å²) in [5.41, 5.74) is 8.96. The number of halogens is 2. The van der Waals surface area contributed by atoms with Gasteiger partial charge in [0, 0.05) is 43.6 Å². The average Bonchev–Trinajstić information content (AvgIpc) is 3.51. The Morgan fingerprint density at radius 2 is 1.54 bits per heavy atom. The highest BCUT2D eigenvalue weighted by Crippen LogP contribution is 2.40. The molecule has 0 aliphatic heterocycles. The van der Waals surface area contributed by atoms with E-state index in [4.69, 9.17) is 23.2 Å². The molecule has 6 rings (SSSR count). The quantitative estimate of drug-likeness (QED) is 0.199. The molecule has 0 N–H and O–H groups in total. The number of hydrogen-bond acceptors (Lipinski definition) is 0. The molecule has 0 bridgehead atoms. The third kappa shape index (κ3) is 4.65. The van der Waals surface area contributed by atoms with Crippen molar-refractivity contribution in [2.75, 3.05) is 0 Å². The summed E-state index contributed by atoms with van der Waals surface area (Å²) in [6.45, 7) is 5.27. The summed E-state index contributed by atoms with van der Waals surface area (Å²) in [5, 5.41) is 6.49. The van der Waals surface area contributed by atoms with Gasteiger partial charge in [-0.1, -0.05) is 109 Å². The smallest absolute Gasteiger partial charge is 0.0498 e. The Bertz CT molecular complexity index is 1830. The number of aryl methyl sites for hydroxylation is 1. The second-order valence-electron chi connectivity index (χ2n) is 10.0. The third-order valence-electron chi connectivity index (χ3n) is 7.92. The Morgan fingerprint density at radius 3 is 2.33 bits per heavy atom. The molecule has 0 saturated carbocycles. The van der Waals surface area contributed by atoms with E-state index in [0.717, 1.165) is 41.2 Å². The van der Waals surface area contributed by atoms with Gasteiger partial charge in [-0.25, -0.2) is 0 Å². The van der Waals surface area contributed by atoms with Crippen LogP contribution in [0.5, 0.6) is 0 Å². The molecule has 39 heavy (non-hydrogen) atoms. The fourth-order valence-corrected chi connectivity index (χ4v) is 6.63. The first-order valence-electron chi connectivity index (χ1n) is 13.7. The second kappa shape index (κ2) is 10.9. The van der Waals surface area contributed by atoms with Crippen LogP contribution in [0.4, 0.5) is 0 Å². The molecule has 1 aromatic heterocycles. The van der Waals surface area contributed by atoms with Crippen LogP contribution in [-0.2, 0) is 13.0 Å². The highest BCUT2D eigenvalue weighted by atomic mass is 35.5. The van der Waals surface area contributed by atoms with E-state index in [0.29, 0.717) is 0 Å². The molecule has 1 nitrogen and oxygen atoms in total. The summed E-state index contributed by atoms with van der Waals surface area (Å²) >= 11 is 13.1. The van der Waals surface area contributed by atoms with E-state index in [9.17, 15) is 0 Å². The molecule has 1 heterocycles. The summed E-state index contributed by atoms with van der Waals surface area (Å²) in [7, 11) is 0. The predicted octanol–water partition coefficient (Wildman–Crippen LogP) is 10.1. The lowest BCUT2D eigenvalue weighted by Gasteiger charge is -2.08. The molecule has 0 fully saturated rings. The van der Waals surface area contributed by atoms with E-state index in [2.05, 4.69) is 103 Å². The molecule has 1 aliphatic carbocycles. The van der Waals surface area contributed by atoms with Crippen LogP contribution in [0.15, 0.2) is 102 Å². The van der Waals surface area contributed by atoms with E-state index >= 15 is 0 Å². The van der Waals surface area contributed by atoms with E-state index in [1.165, 1.54) is 55.0 Å². The standard InChI is InChI=1S/C36H31Cl2N/c1-3-28-24(12-8-15-31(28)37)16-17-26-18-19-27(35(26)25-10-6-5-7-11-25)20-22-33-30-14-9-13-29-32(38)21-23-34(36(29)30)39(33)4-2/h5-17,20-23H,3-4,18-19H2,1-2H3/b17-16+,27-20+,33-22+. The van der Waals surface area contributed by atoms with Crippen molar-refractivity contribution in [3.8, 4) is 0 Å². The lowest BCUT2D eigenvalue weighted by atomic mass is 9.97. The molecule has 0 atom stereocenters.